The Morgan fingerprint density at radius 1 is 1.42 bits per heavy atom. The third-order valence-corrected chi connectivity index (χ3v) is 3.92. The molecule has 0 bridgehead atoms. The average Bonchev–Trinajstić information content (AvgIpc) is 2.38. The van der Waals surface area contributed by atoms with Crippen molar-refractivity contribution < 1.29 is 0 Å². The largest absolute Gasteiger partial charge is 0.361 e. The van der Waals surface area contributed by atoms with E-state index in [9.17, 15) is 0 Å². The van der Waals surface area contributed by atoms with E-state index in [1.807, 2.05) is 0 Å². The summed E-state index contributed by atoms with van der Waals surface area (Å²) in [6, 6.07) is 9.04. The van der Waals surface area contributed by atoms with E-state index in [2.05, 4.69) is 60.4 Å². The number of nitrogens with one attached hydrogen (secondary N) is 1. The molecule has 0 saturated heterocycles. The molecular weight excluding hydrogens is 254 g/mol. The molecule has 1 heterocycles. The maximum absolute atomic E-state index is 5.58. The van der Waals surface area contributed by atoms with Crippen molar-refractivity contribution in [1.82, 2.24) is 10.2 Å². The van der Waals surface area contributed by atoms with Crippen LogP contribution in [0.3, 0.4) is 0 Å². The molecule has 0 fully saturated rings. The molecule has 1 aromatic carbocycles. The topological polar surface area (TPSA) is 18.5 Å². The van der Waals surface area contributed by atoms with Crippen LogP contribution in [0.1, 0.15) is 18.9 Å². The highest BCUT2D eigenvalue weighted by Crippen LogP contribution is 2.30. The number of nitrogens with zero attached hydrogens (tertiary/aromatic N) is 2. The van der Waals surface area contributed by atoms with E-state index in [4.69, 9.17) is 12.2 Å². The average molecular weight is 277 g/mol. The van der Waals surface area contributed by atoms with Gasteiger partial charge in [0.15, 0.2) is 5.11 Å². The van der Waals surface area contributed by atoms with Gasteiger partial charge in [-0.2, -0.15) is 0 Å². The van der Waals surface area contributed by atoms with E-state index in [0.717, 1.165) is 31.0 Å². The summed E-state index contributed by atoms with van der Waals surface area (Å²) in [5, 5.41) is 4.22. The summed E-state index contributed by atoms with van der Waals surface area (Å²) < 4.78 is 0. The lowest BCUT2D eigenvalue weighted by Gasteiger charge is -2.37. The van der Waals surface area contributed by atoms with Crippen molar-refractivity contribution in [2.45, 2.75) is 25.8 Å². The lowest BCUT2D eigenvalue weighted by molar-refractivity contribution is 0.412. The molecule has 2 rings (SSSR count). The number of hydrogen-bond donors (Lipinski definition) is 1. The number of aryl methyl sites for hydroxylation is 1. The normalized spacial score (nSPS) is 18.3. The molecule has 1 aliphatic heterocycles. The molecule has 0 aliphatic carbocycles. The fourth-order valence-electron chi connectivity index (χ4n) is 2.47. The number of anilines is 1. The maximum atomic E-state index is 5.58. The summed E-state index contributed by atoms with van der Waals surface area (Å²) in [7, 11) is 4.15. The molecule has 1 aromatic rings. The van der Waals surface area contributed by atoms with Gasteiger partial charge in [-0.25, -0.2) is 0 Å². The first-order chi connectivity index (χ1) is 9.09. The first kappa shape index (κ1) is 14.3. The van der Waals surface area contributed by atoms with Crippen LogP contribution in [0.15, 0.2) is 24.3 Å². The van der Waals surface area contributed by atoms with Crippen LogP contribution in [0, 0.1) is 0 Å². The van der Waals surface area contributed by atoms with Crippen LogP contribution in [0.2, 0.25) is 0 Å². The molecule has 0 radical (unpaired) electrons. The molecular formula is C15H23N3S. The highest BCUT2D eigenvalue weighted by atomic mass is 32.1. The van der Waals surface area contributed by atoms with E-state index in [-0.39, 0.29) is 0 Å². The van der Waals surface area contributed by atoms with Crippen LogP contribution in [0.4, 0.5) is 5.69 Å². The molecule has 19 heavy (non-hydrogen) atoms. The molecule has 1 N–H and O–H groups in total. The second-order valence-electron chi connectivity index (χ2n) is 5.42. The van der Waals surface area contributed by atoms with E-state index in [1.165, 1.54) is 11.3 Å². The Hall–Kier alpha value is -1.13. The Kier molecular flexibility index (Phi) is 4.77. The highest BCUT2D eigenvalue weighted by Gasteiger charge is 2.25. The standard InChI is InChI=1S/C15H23N3S/c1-12-8-9-13-6-4-5-7-14(13)18(12)15(19)16-10-11-17(2)3/h4-7,12H,8-11H2,1-3H3,(H,16,19)/t12-/m0/s1. The number of fused-ring (bicyclic) bond motifs is 1. The van der Waals surface area contributed by atoms with Crippen LogP contribution in [0.5, 0.6) is 0 Å². The Labute approximate surface area is 121 Å². The maximum Gasteiger partial charge on any atom is 0.173 e. The number of rotatable bonds is 3. The minimum atomic E-state index is 0.467. The zero-order chi connectivity index (χ0) is 13.8. The molecule has 104 valence electrons. The Bertz CT molecular complexity index is 445. The second kappa shape index (κ2) is 6.35. The zero-order valence-corrected chi connectivity index (χ0v) is 12.8. The Morgan fingerprint density at radius 3 is 2.89 bits per heavy atom. The molecule has 0 amide bonds. The summed E-state index contributed by atoms with van der Waals surface area (Å²) in [4.78, 5) is 4.42. The number of hydrogen-bond acceptors (Lipinski definition) is 2. The molecule has 1 atom stereocenters. The quantitative estimate of drug-likeness (QED) is 0.854. The van der Waals surface area contributed by atoms with Gasteiger partial charge in [0.2, 0.25) is 0 Å². The minimum Gasteiger partial charge on any atom is -0.361 e. The number of benzene rings is 1. The fourth-order valence-corrected chi connectivity index (χ4v) is 2.85. The fraction of sp³-hybridized carbons (Fsp3) is 0.533. The number of likely N-dealkylation sites (N-methyl/N-ethyl adjacent to an activating group) is 1. The monoisotopic (exact) mass is 277 g/mol. The van der Waals surface area contributed by atoms with Crippen LogP contribution >= 0.6 is 12.2 Å². The van der Waals surface area contributed by atoms with E-state index < -0.39 is 0 Å². The molecule has 0 aromatic heterocycles. The van der Waals surface area contributed by atoms with Gasteiger partial charge in [0, 0.05) is 24.8 Å². The second-order valence-corrected chi connectivity index (χ2v) is 5.81. The van der Waals surface area contributed by atoms with Gasteiger partial charge < -0.3 is 15.1 Å². The predicted octanol–water partition coefficient (Wildman–Crippen LogP) is 2.26. The number of thiocarbonyl (C=S) groups is 1. The van der Waals surface area contributed by atoms with Gasteiger partial charge in [-0.05, 0) is 57.7 Å². The van der Waals surface area contributed by atoms with E-state index in [1.54, 1.807) is 0 Å². The summed E-state index contributed by atoms with van der Waals surface area (Å²) in [6.07, 6.45) is 2.31. The molecule has 0 saturated carbocycles. The highest BCUT2D eigenvalue weighted by molar-refractivity contribution is 7.80. The van der Waals surface area contributed by atoms with Gasteiger partial charge in [-0.3, -0.25) is 0 Å². The van der Waals surface area contributed by atoms with Crippen LogP contribution in [-0.2, 0) is 6.42 Å². The van der Waals surface area contributed by atoms with Gasteiger partial charge in [0.25, 0.3) is 0 Å². The molecule has 0 spiro atoms. The first-order valence-corrected chi connectivity index (χ1v) is 7.30. The van der Waals surface area contributed by atoms with Crippen molar-refractivity contribution in [3.63, 3.8) is 0 Å². The SMILES string of the molecule is C[C@H]1CCc2ccccc2N1C(=S)NCCN(C)C. The van der Waals surface area contributed by atoms with Gasteiger partial charge in [-0.15, -0.1) is 0 Å². The molecule has 1 aliphatic rings. The van der Waals surface area contributed by atoms with E-state index >= 15 is 0 Å². The molecule has 4 heteroatoms. The summed E-state index contributed by atoms with van der Waals surface area (Å²) >= 11 is 5.58. The van der Waals surface area contributed by atoms with Crippen molar-refractivity contribution in [2.24, 2.45) is 0 Å². The van der Waals surface area contributed by atoms with Gasteiger partial charge in [-0.1, -0.05) is 18.2 Å². The van der Waals surface area contributed by atoms with Crippen LogP contribution < -0.4 is 10.2 Å². The van der Waals surface area contributed by atoms with Crippen molar-refractivity contribution in [1.29, 1.82) is 0 Å². The number of para-hydroxylation sites is 1. The summed E-state index contributed by atoms with van der Waals surface area (Å²) in [5.41, 5.74) is 2.67. The van der Waals surface area contributed by atoms with Gasteiger partial charge in [0.05, 0.1) is 0 Å². The molecule has 0 unspecified atom stereocenters. The van der Waals surface area contributed by atoms with Crippen molar-refractivity contribution in [3.8, 4) is 0 Å². The lowest BCUT2D eigenvalue weighted by Crippen LogP contribution is -2.48. The summed E-state index contributed by atoms with van der Waals surface area (Å²) in [5.74, 6) is 0. The van der Waals surface area contributed by atoms with Crippen molar-refractivity contribution in [3.05, 3.63) is 29.8 Å². The van der Waals surface area contributed by atoms with Gasteiger partial charge >= 0.3 is 0 Å². The van der Waals surface area contributed by atoms with Crippen LogP contribution in [0.25, 0.3) is 0 Å². The predicted molar refractivity (Wildman–Crippen MR) is 85.9 cm³/mol. The van der Waals surface area contributed by atoms with Gasteiger partial charge in [0.1, 0.15) is 0 Å². The Morgan fingerprint density at radius 2 is 2.16 bits per heavy atom. The van der Waals surface area contributed by atoms with Crippen molar-refractivity contribution in [2.75, 3.05) is 32.1 Å². The third kappa shape index (κ3) is 3.45. The lowest BCUT2D eigenvalue weighted by atomic mass is 9.97. The zero-order valence-electron chi connectivity index (χ0n) is 12.0. The molecule has 3 nitrogen and oxygen atoms in total. The smallest absolute Gasteiger partial charge is 0.173 e. The Balaban J connectivity index is 2.08. The van der Waals surface area contributed by atoms with Crippen LogP contribution in [-0.4, -0.2) is 43.2 Å². The third-order valence-electron chi connectivity index (χ3n) is 3.58. The summed E-state index contributed by atoms with van der Waals surface area (Å²) in [6.45, 7) is 4.12. The minimum absolute atomic E-state index is 0.467. The van der Waals surface area contributed by atoms with Crippen molar-refractivity contribution >= 4 is 23.0 Å². The first-order valence-electron chi connectivity index (χ1n) is 6.89. The van der Waals surface area contributed by atoms with E-state index in [0.29, 0.717) is 6.04 Å².